The molecule has 0 aliphatic rings. The number of hydrogen-bond acceptors (Lipinski definition) is 0. The molecule has 0 bridgehead atoms. The second-order valence-electron chi connectivity index (χ2n) is 2.54. The summed E-state index contributed by atoms with van der Waals surface area (Å²) in [5, 5.41) is -0.792. The molecule has 7 heteroatoms. The van der Waals surface area contributed by atoms with Crippen LogP contribution in [0, 0.1) is 0 Å². The highest BCUT2D eigenvalue weighted by molar-refractivity contribution is 6.76. The van der Waals surface area contributed by atoms with Crippen LogP contribution < -0.4 is 5.19 Å². The van der Waals surface area contributed by atoms with Crippen LogP contribution in [-0.2, 0) is 3.79 Å². The maximum atomic E-state index is 12.5. The van der Waals surface area contributed by atoms with Gasteiger partial charge >= 0.3 is 9.08 Å². The van der Waals surface area contributed by atoms with Crippen LogP contribution in [0.1, 0.15) is 5.56 Å². The number of halogens is 6. The van der Waals surface area contributed by atoms with Gasteiger partial charge in [0.25, 0.3) is 0 Å². The normalized spacial score (nSPS) is 13.0. The molecule has 0 N–H and O–H groups in total. The molecule has 1 aromatic carbocycles. The lowest BCUT2D eigenvalue weighted by Crippen LogP contribution is -2.38. The fourth-order valence-electron chi connectivity index (χ4n) is 0.978. The molecule has 1 rings (SSSR count). The quantitative estimate of drug-likeness (QED) is 0.419. The number of hydrogen-bond donors (Lipinski definition) is 0. The fourth-order valence-corrected chi connectivity index (χ4v) is 2.57. The van der Waals surface area contributed by atoms with E-state index in [-0.39, 0.29) is 5.56 Å². The molecule has 0 heterocycles. The van der Waals surface area contributed by atoms with Gasteiger partial charge in [-0.1, -0.05) is 59.1 Å². The Bertz CT molecular complexity index is 299. The van der Waals surface area contributed by atoms with E-state index in [9.17, 15) is 12.3 Å². The van der Waals surface area contributed by atoms with E-state index >= 15 is 0 Å². The molecule has 0 amide bonds. The number of rotatable bonds is 1. The van der Waals surface area contributed by atoms with Crippen molar-refractivity contribution in [3.05, 3.63) is 29.8 Å². The first kappa shape index (κ1) is 12.2. The predicted octanol–water partition coefficient (Wildman–Crippen LogP) is 3.57. The third-order valence-corrected chi connectivity index (χ3v) is 3.20. The second-order valence-corrected chi connectivity index (χ2v) is 6.36. The minimum atomic E-state index is -5.94. The Morgan fingerprint density at radius 3 is 1.86 bits per heavy atom. The smallest absolute Gasteiger partial charge is 0.234 e. The molecule has 0 saturated carbocycles. The molecule has 0 nitrogen and oxygen atoms in total. The minimum Gasteiger partial charge on any atom is -0.234 e. The van der Waals surface area contributed by atoms with Crippen LogP contribution in [0.3, 0.4) is 0 Å². The van der Waals surface area contributed by atoms with E-state index in [1.54, 1.807) is 0 Å². The summed E-state index contributed by atoms with van der Waals surface area (Å²) in [6.07, 6.45) is 0. The molecule has 0 aliphatic carbocycles. The average Bonchev–Trinajstić information content (AvgIpc) is 2.01. The Morgan fingerprint density at radius 1 is 1.00 bits per heavy atom. The number of alkyl halides is 3. The van der Waals surface area contributed by atoms with Gasteiger partial charge in [0, 0.05) is 10.8 Å². The first-order chi connectivity index (χ1) is 6.23. The zero-order chi connectivity index (χ0) is 11.0. The molecule has 0 atom stereocenters. The van der Waals surface area contributed by atoms with Gasteiger partial charge < -0.3 is 0 Å². The highest BCUT2D eigenvalue weighted by atomic mass is 35.6. The van der Waals surface area contributed by atoms with Crippen molar-refractivity contribution in [1.82, 2.24) is 0 Å². The van der Waals surface area contributed by atoms with Crippen LogP contribution >= 0.6 is 34.8 Å². The van der Waals surface area contributed by atoms with E-state index in [0.717, 1.165) is 6.07 Å². The molecule has 78 valence electrons. The van der Waals surface area contributed by atoms with Crippen molar-refractivity contribution >= 4 is 49.1 Å². The van der Waals surface area contributed by atoms with Gasteiger partial charge in [0.15, 0.2) is 0 Å². The molecule has 0 fully saturated rings. The molecule has 0 unspecified atom stereocenters. The van der Waals surface area contributed by atoms with Gasteiger partial charge in [-0.15, -0.1) is 0 Å². The molecular formula is C7H4Cl3F3Si. The largest absolute Gasteiger partial charge is 0.653 e. The first-order valence-corrected chi connectivity index (χ1v) is 6.23. The summed E-state index contributed by atoms with van der Waals surface area (Å²) in [5.41, 5.74) is -0.302. The van der Waals surface area contributed by atoms with Gasteiger partial charge in [0.1, 0.15) is 0 Å². The molecule has 0 radical (unpaired) electrons. The monoisotopic (exact) mass is 278 g/mol. The second kappa shape index (κ2) is 3.93. The van der Waals surface area contributed by atoms with E-state index < -0.39 is 18.1 Å². The summed E-state index contributed by atoms with van der Waals surface area (Å²) in [5.74, 6) is 0. The van der Waals surface area contributed by atoms with Crippen molar-refractivity contribution in [2.45, 2.75) is 3.79 Å². The van der Waals surface area contributed by atoms with E-state index in [2.05, 4.69) is 0 Å². The highest BCUT2D eigenvalue weighted by Gasteiger charge is 2.45. The topological polar surface area (TPSA) is 0 Å². The van der Waals surface area contributed by atoms with E-state index in [4.69, 9.17) is 34.8 Å². The Labute approximate surface area is 95.1 Å². The van der Waals surface area contributed by atoms with Gasteiger partial charge in [-0.05, 0) is 0 Å². The van der Waals surface area contributed by atoms with Crippen LogP contribution in [0.15, 0.2) is 24.3 Å². The minimum absolute atomic E-state index is 0.302. The Hall–Kier alpha value is 0.0969. The van der Waals surface area contributed by atoms with E-state index in [0.29, 0.717) is 0 Å². The van der Waals surface area contributed by atoms with Crippen molar-refractivity contribution < 1.29 is 12.3 Å². The number of benzene rings is 1. The molecule has 0 aromatic heterocycles. The summed E-state index contributed by atoms with van der Waals surface area (Å²) in [4.78, 5) is 0. The molecule has 0 spiro atoms. The van der Waals surface area contributed by atoms with Crippen LogP contribution in [0.2, 0.25) is 0 Å². The maximum Gasteiger partial charge on any atom is 0.653 e. The lowest BCUT2D eigenvalue weighted by atomic mass is 10.2. The van der Waals surface area contributed by atoms with Gasteiger partial charge in [-0.3, -0.25) is 0 Å². The fraction of sp³-hybridized carbons (Fsp3) is 0.143. The zero-order valence-electron chi connectivity index (χ0n) is 6.58. The van der Waals surface area contributed by atoms with Crippen molar-refractivity contribution in [3.8, 4) is 0 Å². The van der Waals surface area contributed by atoms with Gasteiger partial charge in [-0.2, -0.15) is 0 Å². The molecule has 0 aliphatic heterocycles. The lowest BCUT2D eigenvalue weighted by Gasteiger charge is -2.16. The first-order valence-electron chi connectivity index (χ1n) is 3.46. The standard InChI is InChI=1S/C7H4Cl3F3Si/c8-7(9,10)5-3-1-2-4-6(5)14(11,12)13/h1-4H. The predicted molar refractivity (Wildman–Crippen MR) is 54.4 cm³/mol. The summed E-state index contributed by atoms with van der Waals surface area (Å²) >= 11 is 16.3. The van der Waals surface area contributed by atoms with Gasteiger partial charge in [0.2, 0.25) is 3.79 Å². The Kier molecular flexibility index (Phi) is 3.41. The van der Waals surface area contributed by atoms with Crippen molar-refractivity contribution in [2.75, 3.05) is 0 Å². The molecule has 14 heavy (non-hydrogen) atoms. The van der Waals surface area contributed by atoms with Crippen molar-refractivity contribution in [1.29, 1.82) is 0 Å². The molecular weight excluding hydrogens is 276 g/mol. The molecule has 1 aromatic rings. The van der Waals surface area contributed by atoms with Crippen LogP contribution in [0.25, 0.3) is 0 Å². The van der Waals surface area contributed by atoms with Crippen molar-refractivity contribution in [2.24, 2.45) is 0 Å². The average molecular weight is 280 g/mol. The Morgan fingerprint density at radius 2 is 1.50 bits per heavy atom. The summed E-state index contributed by atoms with van der Waals surface area (Å²) in [6, 6.07) is 4.78. The maximum absolute atomic E-state index is 12.5. The summed E-state index contributed by atoms with van der Waals surface area (Å²) in [6.45, 7) is 0. The third-order valence-electron chi connectivity index (χ3n) is 1.54. The highest BCUT2D eigenvalue weighted by Crippen LogP contribution is 2.38. The molecule has 0 saturated heterocycles. The Balaban J connectivity index is 3.31. The van der Waals surface area contributed by atoms with Crippen LogP contribution in [0.4, 0.5) is 12.3 Å². The SMILES string of the molecule is F[Si](F)(F)c1ccccc1C(Cl)(Cl)Cl. The van der Waals surface area contributed by atoms with E-state index in [1.807, 2.05) is 0 Å². The van der Waals surface area contributed by atoms with Gasteiger partial charge in [0.05, 0.1) is 0 Å². The summed E-state index contributed by atoms with van der Waals surface area (Å²) < 4.78 is 35.6. The summed E-state index contributed by atoms with van der Waals surface area (Å²) in [7, 11) is -5.94. The zero-order valence-corrected chi connectivity index (χ0v) is 9.84. The van der Waals surface area contributed by atoms with Crippen LogP contribution in [-0.4, -0.2) is 9.08 Å². The lowest BCUT2D eigenvalue weighted by molar-refractivity contribution is 0.500. The van der Waals surface area contributed by atoms with Crippen molar-refractivity contribution in [3.63, 3.8) is 0 Å². The van der Waals surface area contributed by atoms with E-state index in [1.165, 1.54) is 18.2 Å². The third kappa shape index (κ3) is 2.79. The van der Waals surface area contributed by atoms with Gasteiger partial charge in [-0.25, -0.2) is 12.3 Å². The van der Waals surface area contributed by atoms with Crippen LogP contribution in [0.5, 0.6) is 0 Å².